The van der Waals surface area contributed by atoms with Crippen molar-refractivity contribution in [2.75, 3.05) is 25.9 Å². The fraction of sp³-hybridized carbons (Fsp3) is 0.625. The summed E-state index contributed by atoms with van der Waals surface area (Å²) >= 11 is 0. The summed E-state index contributed by atoms with van der Waals surface area (Å²) in [7, 11) is 1.47. The van der Waals surface area contributed by atoms with Crippen molar-refractivity contribution in [1.82, 2.24) is 14.5 Å². The Morgan fingerprint density at radius 1 is 1.18 bits per heavy atom. The van der Waals surface area contributed by atoms with Crippen LogP contribution >= 0.6 is 0 Å². The lowest BCUT2D eigenvalue weighted by atomic mass is 9.48. The summed E-state index contributed by atoms with van der Waals surface area (Å²) in [6.07, 6.45) is 4.70. The van der Waals surface area contributed by atoms with Gasteiger partial charge in [0.1, 0.15) is 6.10 Å². The Kier molecular flexibility index (Phi) is 4.54. The molecule has 176 valence electrons. The smallest absolute Gasteiger partial charge is 0.410 e. The molecule has 1 amide bonds. The molecule has 5 fully saturated rings. The predicted octanol–water partition coefficient (Wildman–Crippen LogP) is 2.66. The molecule has 9 nitrogen and oxygen atoms in total. The van der Waals surface area contributed by atoms with Crippen LogP contribution in [0.25, 0.3) is 11.0 Å². The molecule has 4 aliphatic carbocycles. The Morgan fingerprint density at radius 2 is 1.94 bits per heavy atom. The molecule has 1 aliphatic heterocycles. The minimum absolute atomic E-state index is 0.0972. The number of anilines is 1. The van der Waals surface area contributed by atoms with E-state index < -0.39 is 0 Å². The molecule has 33 heavy (non-hydrogen) atoms. The zero-order valence-corrected chi connectivity index (χ0v) is 18.8. The Bertz CT molecular complexity index is 1170. The molecule has 9 heteroatoms. The third kappa shape index (κ3) is 3.15. The van der Waals surface area contributed by atoms with Crippen LogP contribution in [-0.4, -0.2) is 52.8 Å². The average molecular weight is 455 g/mol. The molecule has 2 unspecified atom stereocenters. The van der Waals surface area contributed by atoms with Crippen molar-refractivity contribution in [2.45, 2.75) is 50.7 Å². The number of benzene rings is 1. The first-order chi connectivity index (χ1) is 15.9. The van der Waals surface area contributed by atoms with E-state index in [-0.39, 0.29) is 47.1 Å². The van der Waals surface area contributed by atoms with Crippen LogP contribution in [0.2, 0.25) is 0 Å². The Labute approximate surface area is 191 Å². The molecule has 4 bridgehead atoms. The van der Waals surface area contributed by atoms with E-state index in [9.17, 15) is 14.4 Å². The van der Waals surface area contributed by atoms with Gasteiger partial charge in [0.15, 0.2) is 0 Å². The maximum atomic E-state index is 13.1. The van der Waals surface area contributed by atoms with Crippen LogP contribution in [0, 0.1) is 23.2 Å². The second kappa shape index (κ2) is 7.27. The van der Waals surface area contributed by atoms with Gasteiger partial charge < -0.3 is 25.1 Å². The van der Waals surface area contributed by atoms with E-state index >= 15 is 0 Å². The molecule has 3 atom stereocenters. The standard InChI is InChI=1S/C24H30N4O5/c1-32-21(29)24-9-13-6-14(10-24)20(15(7-13)11-24)33-23(31)27-5-4-17(12-27)28-19-3-2-16(25)8-18(19)26-22(28)30/h2-3,8,13-15,17,20H,4-7,9-12,25H2,1H3,(H,26,30)/t13?,14?,15?,17-,20-,24-/m1/s1. The highest BCUT2D eigenvalue weighted by molar-refractivity contribution is 5.79. The Balaban J connectivity index is 1.16. The minimum atomic E-state index is -0.382. The maximum absolute atomic E-state index is 13.1. The van der Waals surface area contributed by atoms with Gasteiger partial charge in [-0.15, -0.1) is 0 Å². The van der Waals surface area contributed by atoms with Gasteiger partial charge in [-0.2, -0.15) is 0 Å². The molecule has 2 aromatic rings. The number of amides is 1. The van der Waals surface area contributed by atoms with E-state index in [1.54, 1.807) is 21.6 Å². The predicted molar refractivity (Wildman–Crippen MR) is 120 cm³/mol. The zero-order valence-electron chi connectivity index (χ0n) is 18.8. The molecule has 1 aromatic heterocycles. The van der Waals surface area contributed by atoms with E-state index in [0.29, 0.717) is 36.6 Å². The van der Waals surface area contributed by atoms with E-state index in [1.165, 1.54) is 7.11 Å². The number of nitrogen functional groups attached to an aromatic ring is 1. The number of rotatable bonds is 3. The number of fused-ring (bicyclic) bond motifs is 1. The number of imidazole rings is 1. The quantitative estimate of drug-likeness (QED) is 0.544. The summed E-state index contributed by atoms with van der Waals surface area (Å²) in [4.78, 5) is 42.8. The van der Waals surface area contributed by atoms with Crippen molar-refractivity contribution >= 4 is 28.8 Å². The highest BCUT2D eigenvalue weighted by Crippen LogP contribution is 2.61. The largest absolute Gasteiger partial charge is 0.469 e. The summed E-state index contributed by atoms with van der Waals surface area (Å²) in [6, 6.07) is 5.26. The van der Waals surface area contributed by atoms with E-state index in [4.69, 9.17) is 15.2 Å². The molecule has 1 aromatic carbocycles. The van der Waals surface area contributed by atoms with E-state index in [0.717, 1.165) is 37.6 Å². The summed E-state index contributed by atoms with van der Waals surface area (Å²) in [5.74, 6) is 0.870. The third-order valence-corrected chi connectivity index (χ3v) is 8.57. The van der Waals surface area contributed by atoms with Crippen LogP contribution in [0.3, 0.4) is 0 Å². The van der Waals surface area contributed by atoms with Crippen LogP contribution < -0.4 is 11.4 Å². The number of nitrogens with two attached hydrogens (primary N) is 1. The molecule has 7 rings (SSSR count). The minimum Gasteiger partial charge on any atom is -0.469 e. The number of ether oxygens (including phenoxy) is 2. The number of nitrogens with zero attached hydrogens (tertiary/aromatic N) is 2. The molecule has 1 saturated heterocycles. The van der Waals surface area contributed by atoms with Crippen LogP contribution in [0.1, 0.15) is 44.6 Å². The summed E-state index contributed by atoms with van der Waals surface area (Å²) in [5, 5.41) is 0. The van der Waals surface area contributed by atoms with E-state index in [2.05, 4.69) is 4.98 Å². The average Bonchev–Trinajstić information content (AvgIpc) is 3.38. The third-order valence-electron chi connectivity index (χ3n) is 8.57. The molecular formula is C24H30N4O5. The number of carbonyl (C=O) groups excluding carboxylic acids is 2. The monoisotopic (exact) mass is 454 g/mol. The number of aromatic nitrogens is 2. The van der Waals surface area contributed by atoms with Crippen molar-refractivity contribution in [1.29, 1.82) is 0 Å². The second-order valence-electron chi connectivity index (χ2n) is 10.6. The Morgan fingerprint density at radius 3 is 2.67 bits per heavy atom. The second-order valence-corrected chi connectivity index (χ2v) is 10.6. The number of hydrogen-bond acceptors (Lipinski definition) is 6. The first-order valence-electron chi connectivity index (χ1n) is 11.9. The van der Waals surface area contributed by atoms with Crippen molar-refractivity contribution in [3.8, 4) is 0 Å². The molecule has 4 saturated carbocycles. The van der Waals surface area contributed by atoms with Gasteiger partial charge in [-0.1, -0.05) is 0 Å². The summed E-state index contributed by atoms with van der Waals surface area (Å²) in [5.41, 5.74) is 7.36. The summed E-state index contributed by atoms with van der Waals surface area (Å²) < 4.78 is 13.0. The normalized spacial score (nSPS) is 34.7. The molecule has 5 aliphatic rings. The summed E-state index contributed by atoms with van der Waals surface area (Å²) in [6.45, 7) is 0.987. The SMILES string of the molecule is COC(=O)[C@]12CC3CC(C1)[C@@H](OC(=O)N1CC[C@@H](n4c(=O)[nH]c5cc(N)ccc54)C1)C(C3)C2. The van der Waals surface area contributed by atoms with Gasteiger partial charge in [-0.3, -0.25) is 9.36 Å². The van der Waals surface area contributed by atoms with Crippen molar-refractivity contribution in [2.24, 2.45) is 23.2 Å². The number of methoxy groups -OCH3 is 1. The fourth-order valence-electron chi connectivity index (χ4n) is 7.46. The molecule has 0 radical (unpaired) electrons. The number of nitrogens with one attached hydrogen (secondary N) is 1. The zero-order chi connectivity index (χ0) is 22.9. The first-order valence-corrected chi connectivity index (χ1v) is 11.9. The van der Waals surface area contributed by atoms with Crippen molar-refractivity contribution in [3.05, 3.63) is 28.7 Å². The number of aromatic amines is 1. The number of likely N-dealkylation sites (tertiary alicyclic amines) is 1. The lowest BCUT2D eigenvalue weighted by molar-refractivity contribution is -0.182. The highest BCUT2D eigenvalue weighted by Gasteiger charge is 2.60. The molecule has 0 spiro atoms. The Hall–Kier alpha value is -2.97. The van der Waals surface area contributed by atoms with Crippen molar-refractivity contribution in [3.63, 3.8) is 0 Å². The number of esters is 1. The molecule has 3 N–H and O–H groups in total. The van der Waals surface area contributed by atoms with Gasteiger partial charge >= 0.3 is 17.8 Å². The lowest BCUT2D eigenvalue weighted by Gasteiger charge is -2.57. The van der Waals surface area contributed by atoms with Crippen LogP contribution in [0.15, 0.2) is 23.0 Å². The van der Waals surface area contributed by atoms with Gasteiger partial charge in [-0.25, -0.2) is 9.59 Å². The number of carbonyl (C=O) groups is 2. The van der Waals surface area contributed by atoms with Crippen LogP contribution in [-0.2, 0) is 14.3 Å². The molecular weight excluding hydrogens is 424 g/mol. The first kappa shape index (κ1) is 20.6. The van der Waals surface area contributed by atoms with Gasteiger partial charge in [0.25, 0.3) is 0 Å². The van der Waals surface area contributed by atoms with Crippen LogP contribution in [0.4, 0.5) is 10.5 Å². The molecule has 2 heterocycles. The van der Waals surface area contributed by atoms with Gasteiger partial charge in [0, 0.05) is 18.8 Å². The lowest BCUT2D eigenvalue weighted by Crippen LogP contribution is -2.58. The van der Waals surface area contributed by atoms with Gasteiger partial charge in [0.05, 0.1) is 29.6 Å². The van der Waals surface area contributed by atoms with Gasteiger partial charge in [-0.05, 0) is 74.5 Å². The van der Waals surface area contributed by atoms with Crippen molar-refractivity contribution < 1.29 is 19.1 Å². The van der Waals surface area contributed by atoms with Gasteiger partial charge in [0.2, 0.25) is 0 Å². The fourth-order valence-corrected chi connectivity index (χ4v) is 7.46. The van der Waals surface area contributed by atoms with Crippen LogP contribution in [0.5, 0.6) is 0 Å². The number of hydrogen-bond donors (Lipinski definition) is 2. The maximum Gasteiger partial charge on any atom is 0.410 e. The van der Waals surface area contributed by atoms with E-state index in [1.807, 2.05) is 6.07 Å². The number of H-pyrrole nitrogens is 1. The highest BCUT2D eigenvalue weighted by atomic mass is 16.6. The topological polar surface area (TPSA) is 120 Å².